The Bertz CT molecular complexity index is 1290. The van der Waals surface area contributed by atoms with Crippen molar-refractivity contribution in [2.75, 3.05) is 25.0 Å². The Balaban J connectivity index is 2.01. The van der Waals surface area contributed by atoms with E-state index in [1.807, 2.05) is 26.8 Å². The van der Waals surface area contributed by atoms with Crippen LogP contribution in [-0.2, 0) is 4.79 Å². The van der Waals surface area contributed by atoms with Crippen LogP contribution in [0.25, 0.3) is 11.3 Å². The number of likely N-dealkylation sites (tertiary alicyclic amines) is 1. The van der Waals surface area contributed by atoms with Gasteiger partial charge in [-0.15, -0.1) is 0 Å². The van der Waals surface area contributed by atoms with E-state index in [9.17, 15) is 9.18 Å². The van der Waals surface area contributed by atoms with Crippen LogP contribution in [0.2, 0.25) is 5.02 Å². The molecule has 188 valence electrons. The number of amidine groups is 1. The van der Waals surface area contributed by atoms with Gasteiger partial charge in [0.15, 0.2) is 5.82 Å². The third-order valence-corrected chi connectivity index (χ3v) is 6.76. The highest BCUT2D eigenvalue weighted by Crippen LogP contribution is 2.39. The number of amides is 1. The molecule has 36 heavy (non-hydrogen) atoms. The molecule has 0 atom stereocenters. The lowest BCUT2D eigenvalue weighted by atomic mass is 10.0. The van der Waals surface area contributed by atoms with Gasteiger partial charge < -0.3 is 4.90 Å². The molecule has 0 saturated carbocycles. The first-order valence-electron chi connectivity index (χ1n) is 12.2. The van der Waals surface area contributed by atoms with Crippen molar-refractivity contribution in [2.24, 2.45) is 4.99 Å². The zero-order valence-corrected chi connectivity index (χ0v) is 21.9. The second-order valence-electron chi connectivity index (χ2n) is 9.26. The van der Waals surface area contributed by atoms with E-state index in [0.29, 0.717) is 22.9 Å². The molecule has 4 rings (SSSR count). The molecule has 0 aliphatic carbocycles. The van der Waals surface area contributed by atoms with E-state index in [-0.39, 0.29) is 22.2 Å². The van der Waals surface area contributed by atoms with Gasteiger partial charge in [0.1, 0.15) is 11.7 Å². The number of benzene rings is 1. The highest BCUT2D eigenvalue weighted by molar-refractivity contribution is 6.33. The second-order valence-corrected chi connectivity index (χ2v) is 9.66. The summed E-state index contributed by atoms with van der Waals surface area (Å²) in [5, 5.41) is 0.287. The average molecular weight is 508 g/mol. The Labute approximate surface area is 216 Å². The summed E-state index contributed by atoms with van der Waals surface area (Å²) in [5.41, 5.74) is 3.46. The number of hydrogen-bond acceptors (Lipinski definition) is 4. The predicted octanol–water partition coefficient (Wildman–Crippen LogP) is 6.52. The highest BCUT2D eigenvalue weighted by atomic mass is 35.5. The molecule has 8 heteroatoms. The molecular weight excluding hydrogens is 477 g/mol. The van der Waals surface area contributed by atoms with Crippen LogP contribution in [0.5, 0.6) is 0 Å². The molecule has 3 heterocycles. The summed E-state index contributed by atoms with van der Waals surface area (Å²) < 4.78 is 14.8. The van der Waals surface area contributed by atoms with Crippen molar-refractivity contribution < 1.29 is 9.18 Å². The van der Waals surface area contributed by atoms with Crippen molar-refractivity contribution in [1.82, 2.24) is 14.9 Å². The van der Waals surface area contributed by atoms with Crippen molar-refractivity contribution in [1.29, 1.82) is 0 Å². The number of aromatic nitrogens is 2. The summed E-state index contributed by atoms with van der Waals surface area (Å²) in [6, 6.07) is 9.96. The van der Waals surface area contributed by atoms with Gasteiger partial charge in [-0.25, -0.2) is 9.37 Å². The van der Waals surface area contributed by atoms with Gasteiger partial charge in [0, 0.05) is 31.9 Å². The summed E-state index contributed by atoms with van der Waals surface area (Å²) in [4.78, 5) is 30.5. The lowest BCUT2D eigenvalue weighted by molar-refractivity contribution is -0.106. The molecule has 6 nitrogen and oxygen atoms in total. The molecular formula is C28H31ClFN5O. The fourth-order valence-corrected chi connectivity index (χ4v) is 4.98. The Morgan fingerprint density at radius 3 is 2.56 bits per heavy atom. The number of pyridine rings is 2. The van der Waals surface area contributed by atoms with Crippen molar-refractivity contribution in [2.45, 2.75) is 46.0 Å². The minimum atomic E-state index is -0.441. The van der Waals surface area contributed by atoms with Gasteiger partial charge in [-0.2, -0.15) is 0 Å². The van der Waals surface area contributed by atoms with Crippen molar-refractivity contribution in [3.63, 3.8) is 0 Å². The molecule has 0 bridgehead atoms. The summed E-state index contributed by atoms with van der Waals surface area (Å²) in [6.07, 6.45) is 5.76. The zero-order valence-electron chi connectivity index (χ0n) is 21.1. The molecule has 1 aliphatic rings. The lowest BCUT2D eigenvalue weighted by Gasteiger charge is -2.32. The second kappa shape index (κ2) is 11.2. The van der Waals surface area contributed by atoms with Crippen LogP contribution in [0.1, 0.15) is 55.8 Å². The standard InChI is InChI=1S/C28H31ClFN5O/c1-18(2)24-26(19(3)12-13-32-24)35(17-36)28-21(27(31-4)34-14-8-5-9-15-34)16-22(29)25(33-28)20-10-6-7-11-23(20)30/h6-7,10-13,16-18H,5,8-9,14-15H2,1-4H3/b31-27+. The summed E-state index contributed by atoms with van der Waals surface area (Å²) in [6.45, 7) is 7.70. The number of hydrogen-bond donors (Lipinski definition) is 0. The summed E-state index contributed by atoms with van der Waals surface area (Å²) >= 11 is 6.73. The van der Waals surface area contributed by atoms with Gasteiger partial charge >= 0.3 is 0 Å². The maximum absolute atomic E-state index is 14.8. The normalized spacial score (nSPS) is 14.3. The fraction of sp³-hybridized carbons (Fsp3) is 0.357. The summed E-state index contributed by atoms with van der Waals surface area (Å²) in [7, 11) is 1.73. The Morgan fingerprint density at radius 2 is 1.92 bits per heavy atom. The maximum Gasteiger partial charge on any atom is 0.219 e. The Kier molecular flexibility index (Phi) is 7.99. The molecule has 3 aromatic rings. The van der Waals surface area contributed by atoms with E-state index >= 15 is 0 Å². The first-order valence-corrected chi connectivity index (χ1v) is 12.6. The van der Waals surface area contributed by atoms with Crippen LogP contribution < -0.4 is 4.90 Å². The number of nitrogens with zero attached hydrogens (tertiary/aromatic N) is 5. The predicted molar refractivity (Wildman–Crippen MR) is 144 cm³/mol. The molecule has 1 amide bonds. The van der Waals surface area contributed by atoms with Gasteiger partial charge in [-0.05, 0) is 61.9 Å². The number of rotatable bonds is 6. The third-order valence-electron chi connectivity index (χ3n) is 6.47. The van der Waals surface area contributed by atoms with Crippen LogP contribution in [0.3, 0.4) is 0 Å². The molecule has 0 radical (unpaired) electrons. The average Bonchev–Trinajstić information content (AvgIpc) is 2.88. The zero-order chi connectivity index (χ0) is 25.8. The number of carbonyl (C=O) groups excluding carboxylic acids is 1. The first kappa shape index (κ1) is 25.8. The number of piperidine rings is 1. The first-order chi connectivity index (χ1) is 17.4. The monoisotopic (exact) mass is 507 g/mol. The van der Waals surface area contributed by atoms with Gasteiger partial charge in [-0.1, -0.05) is 37.6 Å². The van der Waals surface area contributed by atoms with Crippen LogP contribution in [0.15, 0.2) is 47.6 Å². The molecule has 2 aromatic heterocycles. The molecule has 0 N–H and O–H groups in total. The Hall–Kier alpha value is -3.32. The van der Waals surface area contributed by atoms with E-state index in [1.165, 1.54) is 17.4 Å². The number of anilines is 2. The van der Waals surface area contributed by atoms with Gasteiger partial charge in [0.05, 0.1) is 27.7 Å². The van der Waals surface area contributed by atoms with E-state index in [1.54, 1.807) is 37.5 Å². The van der Waals surface area contributed by atoms with Gasteiger partial charge in [0.2, 0.25) is 6.41 Å². The lowest BCUT2D eigenvalue weighted by Crippen LogP contribution is -2.37. The van der Waals surface area contributed by atoms with Crippen molar-refractivity contribution >= 4 is 35.4 Å². The highest BCUT2D eigenvalue weighted by Gasteiger charge is 2.28. The SMILES string of the molecule is C/N=C(\c1cc(Cl)c(-c2ccccc2F)nc1N(C=O)c1c(C)ccnc1C(C)C)N1CCCCC1. The molecule has 0 spiro atoms. The quantitative estimate of drug-likeness (QED) is 0.216. The van der Waals surface area contributed by atoms with Crippen molar-refractivity contribution in [3.05, 3.63) is 70.3 Å². The molecule has 1 fully saturated rings. The topological polar surface area (TPSA) is 61.7 Å². The number of aliphatic imine (C=N–C) groups is 1. The molecule has 0 unspecified atom stereocenters. The fourth-order valence-electron chi connectivity index (χ4n) is 4.72. The van der Waals surface area contributed by atoms with E-state index < -0.39 is 5.82 Å². The van der Waals surface area contributed by atoms with Crippen LogP contribution in [0, 0.1) is 12.7 Å². The number of carbonyl (C=O) groups is 1. The molecule has 1 saturated heterocycles. The largest absolute Gasteiger partial charge is 0.356 e. The van der Waals surface area contributed by atoms with E-state index in [0.717, 1.165) is 43.6 Å². The minimum absolute atomic E-state index is 0.0607. The minimum Gasteiger partial charge on any atom is -0.356 e. The number of halogens is 2. The maximum atomic E-state index is 14.8. The van der Waals surface area contributed by atoms with Crippen molar-refractivity contribution in [3.8, 4) is 11.3 Å². The Morgan fingerprint density at radius 1 is 1.19 bits per heavy atom. The van der Waals surface area contributed by atoms with E-state index in [4.69, 9.17) is 16.6 Å². The van der Waals surface area contributed by atoms with Crippen LogP contribution in [0.4, 0.5) is 15.9 Å². The van der Waals surface area contributed by atoms with Gasteiger partial charge in [-0.3, -0.25) is 19.7 Å². The van der Waals surface area contributed by atoms with E-state index in [2.05, 4.69) is 14.9 Å². The molecule has 1 aromatic carbocycles. The molecule has 1 aliphatic heterocycles. The van der Waals surface area contributed by atoms with Crippen LogP contribution >= 0.6 is 11.6 Å². The smallest absolute Gasteiger partial charge is 0.219 e. The van der Waals surface area contributed by atoms with Crippen LogP contribution in [-0.4, -0.2) is 47.3 Å². The third kappa shape index (κ3) is 4.98. The van der Waals surface area contributed by atoms with Gasteiger partial charge in [0.25, 0.3) is 0 Å². The summed E-state index contributed by atoms with van der Waals surface area (Å²) in [5.74, 6) is 0.671. The number of aryl methyl sites for hydroxylation is 1.